The molecule has 1 aromatic rings. The van der Waals surface area contributed by atoms with Crippen LogP contribution in [0.1, 0.15) is 5.56 Å². The van der Waals surface area contributed by atoms with E-state index in [9.17, 15) is 0 Å². The molecule has 1 N–H and O–H groups in total. The molecule has 0 aliphatic carbocycles. The number of aromatic nitrogens is 1. The summed E-state index contributed by atoms with van der Waals surface area (Å²) in [7, 11) is 4.11. The molecule has 0 aromatic carbocycles. The van der Waals surface area contributed by atoms with E-state index in [1.807, 2.05) is 6.20 Å². The van der Waals surface area contributed by atoms with Gasteiger partial charge in [-0.1, -0.05) is 0 Å². The van der Waals surface area contributed by atoms with Crippen LogP contribution in [-0.2, 0) is 11.2 Å². The number of nitrogens with one attached hydrogen (secondary N) is 1. The molecule has 0 saturated carbocycles. The van der Waals surface area contributed by atoms with Gasteiger partial charge in [0.15, 0.2) is 0 Å². The summed E-state index contributed by atoms with van der Waals surface area (Å²) in [5, 5.41) is 0. The van der Waals surface area contributed by atoms with Gasteiger partial charge in [-0.3, -0.25) is 0 Å². The van der Waals surface area contributed by atoms with E-state index in [1.54, 1.807) is 0 Å². The third kappa shape index (κ3) is 1.58. The van der Waals surface area contributed by atoms with Gasteiger partial charge in [0.1, 0.15) is 11.5 Å². The standard InChI is InChI=1S/C12H17N3O/c1-14-5-3-10-11(14)2-4-13-12(10)15-6-8-16-9-7-15/h2,4,14H,1,3,5-9H2. The zero-order chi connectivity index (χ0) is 11.0. The second-order valence-electron chi connectivity index (χ2n) is 4.36. The predicted octanol–water partition coefficient (Wildman–Crippen LogP) is -0.218. The van der Waals surface area contributed by atoms with Crippen molar-refractivity contribution in [2.45, 2.75) is 6.42 Å². The number of nitrogens with zero attached hydrogens (tertiary/aromatic N) is 2. The first-order valence-corrected chi connectivity index (χ1v) is 5.85. The van der Waals surface area contributed by atoms with Crippen molar-refractivity contribution in [1.82, 2.24) is 4.98 Å². The minimum absolute atomic E-state index is 0.812. The monoisotopic (exact) mass is 219 g/mol. The largest absolute Gasteiger partial charge is 0.434 e. The molecule has 1 fully saturated rings. The maximum absolute atomic E-state index is 5.37. The highest BCUT2D eigenvalue weighted by atomic mass is 16.5. The Kier molecular flexibility index (Phi) is 2.53. The number of pyridine rings is 1. The molecule has 2 aliphatic heterocycles. The van der Waals surface area contributed by atoms with Crippen LogP contribution in [0.3, 0.4) is 0 Å². The van der Waals surface area contributed by atoms with Crippen molar-refractivity contribution in [3.05, 3.63) is 24.9 Å². The zero-order valence-corrected chi connectivity index (χ0v) is 9.41. The Balaban J connectivity index is 1.95. The number of anilines is 1. The Bertz CT molecular complexity index is 388. The van der Waals surface area contributed by atoms with Crippen molar-refractivity contribution in [3.8, 4) is 0 Å². The van der Waals surface area contributed by atoms with Crippen molar-refractivity contribution in [3.63, 3.8) is 0 Å². The highest BCUT2D eigenvalue weighted by Gasteiger charge is 2.25. The van der Waals surface area contributed by atoms with Crippen LogP contribution in [0.4, 0.5) is 11.5 Å². The molecule has 3 heterocycles. The van der Waals surface area contributed by atoms with Gasteiger partial charge in [0, 0.05) is 31.8 Å². The molecular formula is C12H17N3O. The first-order chi connectivity index (χ1) is 7.86. The number of morpholine rings is 1. The topological polar surface area (TPSA) is 29.8 Å². The Morgan fingerprint density at radius 2 is 2.19 bits per heavy atom. The van der Waals surface area contributed by atoms with Crippen molar-refractivity contribution >= 4 is 11.5 Å². The minimum Gasteiger partial charge on any atom is -0.434 e. The number of hydrogen-bond acceptors (Lipinski definition) is 3. The van der Waals surface area contributed by atoms with Gasteiger partial charge >= 0.3 is 0 Å². The molecule has 0 radical (unpaired) electrons. The van der Waals surface area contributed by atoms with Crippen molar-refractivity contribution < 1.29 is 9.64 Å². The fraction of sp³-hybridized carbons (Fsp3) is 0.500. The van der Waals surface area contributed by atoms with E-state index in [0.717, 1.165) is 45.1 Å². The highest BCUT2D eigenvalue weighted by molar-refractivity contribution is 5.58. The third-order valence-corrected chi connectivity index (χ3v) is 3.40. The van der Waals surface area contributed by atoms with E-state index in [2.05, 4.69) is 23.0 Å². The molecule has 0 amide bonds. The molecule has 16 heavy (non-hydrogen) atoms. The van der Waals surface area contributed by atoms with Crippen molar-refractivity contribution in [2.24, 2.45) is 0 Å². The normalized spacial score (nSPS) is 24.6. The Labute approximate surface area is 95.8 Å². The van der Waals surface area contributed by atoms with E-state index in [1.165, 1.54) is 16.2 Å². The van der Waals surface area contributed by atoms with Crippen molar-refractivity contribution in [2.75, 3.05) is 37.7 Å². The van der Waals surface area contributed by atoms with Crippen LogP contribution < -0.4 is 9.80 Å². The molecule has 4 heteroatoms. The second-order valence-corrected chi connectivity index (χ2v) is 4.36. The summed E-state index contributed by atoms with van der Waals surface area (Å²) in [6, 6.07) is 2.09. The quantitative estimate of drug-likeness (QED) is 0.662. The number of quaternary nitrogens is 1. The molecule has 0 bridgehead atoms. The van der Waals surface area contributed by atoms with Crippen molar-refractivity contribution in [1.29, 1.82) is 0 Å². The van der Waals surface area contributed by atoms with Crippen LogP contribution in [0.2, 0.25) is 0 Å². The molecule has 0 spiro atoms. The second kappa shape index (κ2) is 4.03. The number of rotatable bonds is 1. The predicted molar refractivity (Wildman–Crippen MR) is 61.8 cm³/mol. The van der Waals surface area contributed by atoms with E-state index < -0.39 is 0 Å². The van der Waals surface area contributed by atoms with E-state index in [0.29, 0.717) is 0 Å². The summed E-state index contributed by atoms with van der Waals surface area (Å²) < 4.78 is 5.37. The van der Waals surface area contributed by atoms with Crippen LogP contribution >= 0.6 is 0 Å². The maximum atomic E-state index is 5.37. The van der Waals surface area contributed by atoms with Gasteiger partial charge in [-0.15, -0.1) is 7.05 Å². The maximum Gasteiger partial charge on any atom is 0.138 e. The zero-order valence-electron chi connectivity index (χ0n) is 9.41. The average Bonchev–Trinajstić information content (AvgIpc) is 2.73. The minimum atomic E-state index is 0.812. The van der Waals surface area contributed by atoms with Gasteiger partial charge < -0.3 is 14.5 Å². The lowest BCUT2D eigenvalue weighted by Crippen LogP contribution is -3.00. The van der Waals surface area contributed by atoms with E-state index >= 15 is 0 Å². The van der Waals surface area contributed by atoms with Crippen LogP contribution in [0.5, 0.6) is 0 Å². The van der Waals surface area contributed by atoms with E-state index in [4.69, 9.17) is 4.74 Å². The summed E-state index contributed by atoms with van der Waals surface area (Å²) in [5.74, 6) is 1.15. The van der Waals surface area contributed by atoms with Gasteiger partial charge in [0.2, 0.25) is 0 Å². The molecule has 1 unspecified atom stereocenters. The summed E-state index contributed by atoms with van der Waals surface area (Å²) in [6.07, 6.45) is 2.99. The molecule has 3 rings (SSSR count). The molecule has 1 aromatic heterocycles. The molecule has 1 saturated heterocycles. The molecular weight excluding hydrogens is 202 g/mol. The molecule has 1 atom stereocenters. The number of fused-ring (bicyclic) bond motifs is 1. The highest BCUT2D eigenvalue weighted by Crippen LogP contribution is 2.26. The Hall–Kier alpha value is -1.13. The fourth-order valence-electron chi connectivity index (χ4n) is 2.52. The Morgan fingerprint density at radius 1 is 1.38 bits per heavy atom. The summed E-state index contributed by atoms with van der Waals surface area (Å²) >= 11 is 0. The third-order valence-electron chi connectivity index (χ3n) is 3.40. The first-order valence-electron chi connectivity index (χ1n) is 5.85. The van der Waals surface area contributed by atoms with Crippen LogP contribution in [0.25, 0.3) is 0 Å². The summed E-state index contributed by atoms with van der Waals surface area (Å²) in [5.41, 5.74) is 2.70. The van der Waals surface area contributed by atoms with Gasteiger partial charge in [0.05, 0.1) is 25.3 Å². The molecule has 86 valence electrons. The average molecular weight is 219 g/mol. The lowest BCUT2D eigenvalue weighted by atomic mass is 10.2. The van der Waals surface area contributed by atoms with Crippen LogP contribution in [-0.4, -0.2) is 37.8 Å². The van der Waals surface area contributed by atoms with Gasteiger partial charge in [0.25, 0.3) is 0 Å². The number of ether oxygens (including phenoxy) is 1. The van der Waals surface area contributed by atoms with Crippen LogP contribution in [0, 0.1) is 7.05 Å². The first kappa shape index (κ1) is 10.1. The van der Waals surface area contributed by atoms with Gasteiger partial charge in [-0.25, -0.2) is 4.98 Å². The lowest BCUT2D eigenvalue weighted by molar-refractivity contribution is -0.775. The SMILES string of the molecule is [CH2-][NH+]1CCc2c1ccnc2N1CCOCC1. The Morgan fingerprint density at radius 3 is 3.00 bits per heavy atom. The molecule has 4 nitrogen and oxygen atoms in total. The lowest BCUT2D eigenvalue weighted by Gasteiger charge is -2.29. The summed E-state index contributed by atoms with van der Waals surface area (Å²) in [4.78, 5) is 8.13. The summed E-state index contributed by atoms with van der Waals surface area (Å²) in [6.45, 7) is 4.61. The van der Waals surface area contributed by atoms with E-state index in [-0.39, 0.29) is 0 Å². The van der Waals surface area contributed by atoms with Gasteiger partial charge in [-0.2, -0.15) is 0 Å². The van der Waals surface area contributed by atoms with Crippen LogP contribution in [0.15, 0.2) is 12.3 Å². The molecule has 2 aliphatic rings. The van der Waals surface area contributed by atoms with Gasteiger partial charge in [-0.05, 0) is 0 Å². The fourth-order valence-corrected chi connectivity index (χ4v) is 2.52. The smallest absolute Gasteiger partial charge is 0.138 e. The number of hydrogen-bond donors (Lipinski definition) is 1.